The third-order valence-electron chi connectivity index (χ3n) is 3.68. The van der Waals surface area contributed by atoms with Crippen molar-refractivity contribution in [2.45, 2.75) is 23.1 Å². The van der Waals surface area contributed by atoms with Gasteiger partial charge in [0.05, 0.1) is 0 Å². The van der Waals surface area contributed by atoms with E-state index in [9.17, 15) is 13.2 Å². The molecule has 1 atom stereocenters. The molecule has 3 rings (SSSR count). The lowest BCUT2D eigenvalue weighted by molar-refractivity contribution is -0.119. The molecule has 1 N–H and O–H groups in total. The topological polar surface area (TPSA) is 66.5 Å². The molecule has 1 aromatic heterocycles. The molecule has 5 nitrogen and oxygen atoms in total. The second kappa shape index (κ2) is 6.72. The molecule has 1 aromatic carbocycles. The number of carbonyl (C=O) groups excluding carboxylic acids is 1. The third-order valence-corrected chi connectivity index (χ3v) is 7.49. The molecule has 23 heavy (non-hydrogen) atoms. The summed E-state index contributed by atoms with van der Waals surface area (Å²) in [4.78, 5) is 12.5. The van der Waals surface area contributed by atoms with E-state index in [4.69, 9.17) is 0 Å². The number of hydrogen-bond donors (Lipinski definition) is 1. The van der Waals surface area contributed by atoms with E-state index < -0.39 is 16.1 Å². The van der Waals surface area contributed by atoms with Gasteiger partial charge >= 0.3 is 0 Å². The number of anilines is 1. The van der Waals surface area contributed by atoms with Crippen molar-refractivity contribution in [3.63, 3.8) is 0 Å². The molecular weight excluding hydrogens is 400 g/mol. The maximum atomic E-state index is 12.7. The number of amides is 1. The lowest BCUT2D eigenvalue weighted by Crippen LogP contribution is -2.42. The summed E-state index contributed by atoms with van der Waals surface area (Å²) >= 11 is 4.51. The molecule has 0 bridgehead atoms. The average Bonchev–Trinajstić information content (AvgIpc) is 3.21. The summed E-state index contributed by atoms with van der Waals surface area (Å²) in [7, 11) is -3.61. The summed E-state index contributed by atoms with van der Waals surface area (Å²) in [6.07, 6.45) is 1.22. The molecule has 1 fully saturated rings. The van der Waals surface area contributed by atoms with Crippen molar-refractivity contribution in [2.75, 3.05) is 11.9 Å². The van der Waals surface area contributed by atoms with Crippen molar-refractivity contribution in [3.05, 3.63) is 46.3 Å². The van der Waals surface area contributed by atoms with Gasteiger partial charge in [-0.3, -0.25) is 4.79 Å². The molecule has 1 aliphatic heterocycles. The smallest absolute Gasteiger partial charge is 0.253 e. The lowest BCUT2D eigenvalue weighted by Gasteiger charge is -2.22. The van der Waals surface area contributed by atoms with Crippen molar-refractivity contribution in [2.24, 2.45) is 0 Å². The molecule has 0 saturated carbocycles. The van der Waals surface area contributed by atoms with Crippen LogP contribution in [0.1, 0.15) is 12.8 Å². The normalized spacial score (nSPS) is 18.9. The minimum absolute atomic E-state index is 0.279. The Bertz CT molecular complexity index is 789. The van der Waals surface area contributed by atoms with E-state index in [0.717, 1.165) is 4.47 Å². The van der Waals surface area contributed by atoms with Crippen LogP contribution >= 0.6 is 27.3 Å². The fraction of sp³-hybridized carbons (Fsp3) is 0.267. The Hall–Kier alpha value is -1.22. The largest absolute Gasteiger partial charge is 0.325 e. The minimum atomic E-state index is -3.61. The summed E-state index contributed by atoms with van der Waals surface area (Å²) in [6, 6.07) is 9.80. The van der Waals surface area contributed by atoms with E-state index in [2.05, 4.69) is 21.2 Å². The molecule has 1 saturated heterocycles. The number of benzene rings is 1. The zero-order valence-corrected chi connectivity index (χ0v) is 15.3. The lowest BCUT2D eigenvalue weighted by atomic mass is 10.2. The molecule has 1 amide bonds. The number of halogens is 1. The third kappa shape index (κ3) is 3.50. The van der Waals surface area contributed by atoms with Crippen molar-refractivity contribution < 1.29 is 13.2 Å². The Kier molecular flexibility index (Phi) is 4.86. The van der Waals surface area contributed by atoms with E-state index >= 15 is 0 Å². The minimum Gasteiger partial charge on any atom is -0.325 e. The van der Waals surface area contributed by atoms with Gasteiger partial charge in [0.2, 0.25) is 5.91 Å². The maximum Gasteiger partial charge on any atom is 0.253 e. The Balaban J connectivity index is 1.79. The molecule has 8 heteroatoms. The summed E-state index contributed by atoms with van der Waals surface area (Å²) in [6.45, 7) is 0.374. The molecule has 0 radical (unpaired) electrons. The van der Waals surface area contributed by atoms with Gasteiger partial charge in [0, 0.05) is 16.7 Å². The van der Waals surface area contributed by atoms with Crippen molar-refractivity contribution >= 4 is 48.9 Å². The van der Waals surface area contributed by atoms with E-state index in [1.165, 1.54) is 15.6 Å². The van der Waals surface area contributed by atoms with E-state index in [-0.39, 0.29) is 10.1 Å². The fourth-order valence-corrected chi connectivity index (χ4v) is 5.61. The van der Waals surface area contributed by atoms with Gasteiger partial charge < -0.3 is 5.32 Å². The van der Waals surface area contributed by atoms with Crippen molar-refractivity contribution in [1.82, 2.24) is 4.31 Å². The first-order valence-corrected chi connectivity index (χ1v) is 10.2. The molecule has 0 aliphatic carbocycles. The number of thiophene rings is 1. The number of sulfonamides is 1. The molecule has 2 heterocycles. The van der Waals surface area contributed by atoms with Gasteiger partial charge in [-0.05, 0) is 48.6 Å². The standard InChI is InChI=1S/C15H15BrN2O3S2/c16-11-5-7-12(8-6-11)17-15(19)13-3-1-9-18(13)23(20,21)14-4-2-10-22-14/h2,4-8,10,13H,1,3,9H2,(H,17,19)/t13-/m1/s1. The van der Waals surface area contributed by atoms with Crippen LogP contribution in [-0.4, -0.2) is 31.2 Å². The van der Waals surface area contributed by atoms with Crippen LogP contribution in [0, 0.1) is 0 Å². The first-order chi connectivity index (χ1) is 11.0. The average molecular weight is 415 g/mol. The van der Waals surface area contributed by atoms with Crippen molar-refractivity contribution in [1.29, 1.82) is 0 Å². The van der Waals surface area contributed by atoms with Crippen molar-refractivity contribution in [3.8, 4) is 0 Å². The first-order valence-electron chi connectivity index (χ1n) is 7.10. The molecular formula is C15H15BrN2O3S2. The zero-order valence-electron chi connectivity index (χ0n) is 12.1. The van der Waals surface area contributed by atoms with Crippen LogP contribution in [0.2, 0.25) is 0 Å². The van der Waals surface area contributed by atoms with Gasteiger partial charge in [-0.2, -0.15) is 4.31 Å². The fourth-order valence-electron chi connectivity index (χ4n) is 2.57. The highest BCUT2D eigenvalue weighted by molar-refractivity contribution is 9.10. The van der Waals surface area contributed by atoms with E-state index in [1.807, 2.05) is 12.1 Å². The number of nitrogens with one attached hydrogen (secondary N) is 1. The number of carbonyl (C=O) groups is 1. The number of nitrogens with zero attached hydrogens (tertiary/aromatic N) is 1. The summed E-state index contributed by atoms with van der Waals surface area (Å²) in [5, 5.41) is 4.52. The highest BCUT2D eigenvalue weighted by atomic mass is 79.9. The molecule has 2 aromatic rings. The zero-order chi connectivity index (χ0) is 16.4. The second-order valence-corrected chi connectivity index (χ2v) is 9.18. The Morgan fingerprint density at radius 2 is 2.00 bits per heavy atom. The Morgan fingerprint density at radius 1 is 1.26 bits per heavy atom. The maximum absolute atomic E-state index is 12.7. The highest BCUT2D eigenvalue weighted by Gasteiger charge is 2.39. The van der Waals surface area contributed by atoms with Gasteiger partial charge in [-0.15, -0.1) is 11.3 Å². The van der Waals surface area contributed by atoms with Crippen LogP contribution in [0.5, 0.6) is 0 Å². The SMILES string of the molecule is O=C(Nc1ccc(Br)cc1)[C@H]1CCCN1S(=O)(=O)c1cccs1. The van der Waals surface area contributed by atoms with Gasteiger partial charge in [0.25, 0.3) is 10.0 Å². The van der Waals surface area contributed by atoms with Crippen LogP contribution in [0.3, 0.4) is 0 Å². The van der Waals surface area contributed by atoms with Crippen LogP contribution in [0.15, 0.2) is 50.5 Å². The predicted octanol–water partition coefficient (Wildman–Crippen LogP) is 3.30. The second-order valence-electron chi connectivity index (χ2n) is 5.20. The van der Waals surface area contributed by atoms with E-state index in [0.29, 0.717) is 25.1 Å². The first kappa shape index (κ1) is 16.6. The van der Waals surface area contributed by atoms with Crippen LogP contribution in [0.25, 0.3) is 0 Å². The summed E-state index contributed by atoms with van der Waals surface area (Å²) in [5.41, 5.74) is 0.651. The van der Waals surface area contributed by atoms with Crippen LogP contribution < -0.4 is 5.32 Å². The monoisotopic (exact) mass is 414 g/mol. The Labute approximate surface area is 147 Å². The Morgan fingerprint density at radius 3 is 2.65 bits per heavy atom. The summed E-state index contributed by atoms with van der Waals surface area (Å²) < 4.78 is 27.8. The highest BCUT2D eigenvalue weighted by Crippen LogP contribution is 2.29. The number of hydrogen-bond acceptors (Lipinski definition) is 4. The van der Waals surface area contributed by atoms with Gasteiger partial charge in [0.15, 0.2) is 0 Å². The van der Waals surface area contributed by atoms with Gasteiger partial charge in [0.1, 0.15) is 10.3 Å². The number of rotatable bonds is 4. The van der Waals surface area contributed by atoms with Gasteiger partial charge in [-0.25, -0.2) is 8.42 Å². The molecule has 1 aliphatic rings. The summed E-state index contributed by atoms with van der Waals surface area (Å²) in [5.74, 6) is -0.287. The molecule has 122 valence electrons. The van der Waals surface area contributed by atoms with Crippen LogP contribution in [0.4, 0.5) is 5.69 Å². The van der Waals surface area contributed by atoms with E-state index in [1.54, 1.807) is 29.6 Å². The quantitative estimate of drug-likeness (QED) is 0.834. The van der Waals surface area contributed by atoms with Crippen LogP contribution in [-0.2, 0) is 14.8 Å². The molecule has 0 spiro atoms. The predicted molar refractivity (Wildman–Crippen MR) is 94.0 cm³/mol. The van der Waals surface area contributed by atoms with Gasteiger partial charge in [-0.1, -0.05) is 22.0 Å². The molecule has 0 unspecified atom stereocenters.